The number of phenolic OH excluding ortho intramolecular Hbond substituents is 1. The summed E-state index contributed by atoms with van der Waals surface area (Å²) in [6.45, 7) is 0.960. The van der Waals surface area contributed by atoms with Gasteiger partial charge in [-0.25, -0.2) is 0 Å². The van der Waals surface area contributed by atoms with Crippen molar-refractivity contribution in [1.29, 1.82) is 0 Å². The molecule has 1 aliphatic heterocycles. The maximum Gasteiger partial charge on any atom is 0.201 e. The van der Waals surface area contributed by atoms with Gasteiger partial charge in [0.1, 0.15) is 0 Å². The number of fused-ring (bicyclic) bond motifs is 2. The van der Waals surface area contributed by atoms with Crippen molar-refractivity contribution in [3.63, 3.8) is 0 Å². The van der Waals surface area contributed by atoms with E-state index < -0.39 is 0 Å². The number of hydrogen-bond donors (Lipinski definition) is 1. The standard InChI is InChI=1S/C19H21NO3/c1-20-9-8-13-15-14(20)10-11-6-4-5-7-12(11)16(15)19(23-3)17(21)18(13)22-2/h4-7,14,21H,8-10H2,1-3H3/t14-/m0/s1. The summed E-state index contributed by atoms with van der Waals surface area (Å²) >= 11 is 0. The van der Waals surface area contributed by atoms with Gasteiger partial charge in [0.2, 0.25) is 5.75 Å². The van der Waals surface area contributed by atoms with Crippen LogP contribution in [0.2, 0.25) is 0 Å². The van der Waals surface area contributed by atoms with E-state index in [1.54, 1.807) is 14.2 Å². The zero-order valence-corrected chi connectivity index (χ0v) is 13.7. The Balaban J connectivity index is 2.13. The molecule has 4 nitrogen and oxygen atoms in total. The van der Waals surface area contributed by atoms with Crippen molar-refractivity contribution in [1.82, 2.24) is 4.90 Å². The van der Waals surface area contributed by atoms with Crippen molar-refractivity contribution in [3.05, 3.63) is 41.0 Å². The Kier molecular flexibility index (Phi) is 3.23. The predicted molar refractivity (Wildman–Crippen MR) is 89.4 cm³/mol. The van der Waals surface area contributed by atoms with Crippen LogP contribution < -0.4 is 9.47 Å². The molecule has 0 saturated carbocycles. The van der Waals surface area contributed by atoms with Gasteiger partial charge in [-0.05, 0) is 36.6 Å². The Labute approximate surface area is 136 Å². The summed E-state index contributed by atoms with van der Waals surface area (Å²) in [5.74, 6) is 1.20. The summed E-state index contributed by atoms with van der Waals surface area (Å²) in [5, 5.41) is 10.7. The average molecular weight is 311 g/mol. The fourth-order valence-electron chi connectivity index (χ4n) is 4.13. The highest BCUT2D eigenvalue weighted by molar-refractivity contribution is 5.85. The van der Waals surface area contributed by atoms with Crippen molar-refractivity contribution in [2.24, 2.45) is 0 Å². The lowest BCUT2D eigenvalue weighted by atomic mass is 9.76. The second-order valence-corrected chi connectivity index (χ2v) is 6.29. The molecule has 120 valence electrons. The maximum absolute atomic E-state index is 10.7. The van der Waals surface area contributed by atoms with Crippen LogP contribution in [0.5, 0.6) is 17.2 Å². The summed E-state index contributed by atoms with van der Waals surface area (Å²) in [4.78, 5) is 2.39. The molecule has 1 atom stereocenters. The minimum Gasteiger partial charge on any atom is -0.502 e. The molecular weight excluding hydrogens is 290 g/mol. The highest BCUT2D eigenvalue weighted by Crippen LogP contribution is 2.56. The van der Waals surface area contributed by atoms with Gasteiger partial charge in [0.05, 0.1) is 14.2 Å². The van der Waals surface area contributed by atoms with Gasteiger partial charge < -0.3 is 14.6 Å². The summed E-state index contributed by atoms with van der Waals surface area (Å²) < 4.78 is 11.1. The largest absolute Gasteiger partial charge is 0.502 e. The number of hydrogen-bond acceptors (Lipinski definition) is 4. The Morgan fingerprint density at radius 3 is 2.61 bits per heavy atom. The van der Waals surface area contributed by atoms with E-state index in [9.17, 15) is 5.11 Å². The third-order valence-corrected chi connectivity index (χ3v) is 5.21. The molecule has 0 aromatic heterocycles. The zero-order valence-electron chi connectivity index (χ0n) is 13.7. The molecular formula is C19H21NO3. The van der Waals surface area contributed by atoms with Crippen LogP contribution in [0.25, 0.3) is 11.1 Å². The first-order valence-electron chi connectivity index (χ1n) is 7.95. The van der Waals surface area contributed by atoms with Gasteiger partial charge >= 0.3 is 0 Å². The van der Waals surface area contributed by atoms with E-state index in [-0.39, 0.29) is 5.75 Å². The fraction of sp³-hybridized carbons (Fsp3) is 0.368. The van der Waals surface area contributed by atoms with E-state index in [1.807, 2.05) is 6.07 Å². The van der Waals surface area contributed by atoms with E-state index in [2.05, 4.69) is 30.1 Å². The summed E-state index contributed by atoms with van der Waals surface area (Å²) in [5.41, 5.74) is 5.86. The third kappa shape index (κ3) is 1.88. The Morgan fingerprint density at radius 1 is 1.13 bits per heavy atom. The van der Waals surface area contributed by atoms with Crippen LogP contribution in [0.4, 0.5) is 0 Å². The lowest BCUT2D eigenvalue weighted by Gasteiger charge is -2.41. The molecule has 0 spiro atoms. The number of nitrogens with zero attached hydrogens (tertiary/aromatic N) is 1. The fourth-order valence-corrected chi connectivity index (χ4v) is 4.13. The molecule has 4 heteroatoms. The average Bonchev–Trinajstić information content (AvgIpc) is 2.57. The molecule has 0 fully saturated rings. The van der Waals surface area contributed by atoms with Crippen molar-refractivity contribution in [2.45, 2.75) is 18.9 Å². The molecule has 4 rings (SSSR count). The smallest absolute Gasteiger partial charge is 0.201 e. The monoisotopic (exact) mass is 311 g/mol. The molecule has 0 bridgehead atoms. The van der Waals surface area contributed by atoms with E-state index in [1.165, 1.54) is 11.1 Å². The molecule has 0 unspecified atom stereocenters. The number of benzene rings is 2. The number of rotatable bonds is 2. The maximum atomic E-state index is 10.7. The molecule has 1 heterocycles. The van der Waals surface area contributed by atoms with E-state index in [0.717, 1.165) is 36.1 Å². The van der Waals surface area contributed by atoms with Gasteiger partial charge in [-0.15, -0.1) is 0 Å². The molecule has 2 aromatic rings. The molecule has 23 heavy (non-hydrogen) atoms. The topological polar surface area (TPSA) is 41.9 Å². The van der Waals surface area contributed by atoms with Gasteiger partial charge in [-0.2, -0.15) is 0 Å². The summed E-state index contributed by atoms with van der Waals surface area (Å²) in [6, 6.07) is 8.69. The number of phenols is 1. The molecule has 0 amide bonds. The van der Waals surface area contributed by atoms with Crippen LogP contribution in [0.1, 0.15) is 22.7 Å². The lowest BCUT2D eigenvalue weighted by Crippen LogP contribution is -2.36. The molecule has 2 aliphatic rings. The van der Waals surface area contributed by atoms with Crippen LogP contribution >= 0.6 is 0 Å². The SMILES string of the molecule is COc1c(O)c(OC)c2c3c1CCN(C)[C@H]3Cc1ccccc1-2. The van der Waals surface area contributed by atoms with Crippen molar-refractivity contribution in [3.8, 4) is 28.4 Å². The minimum absolute atomic E-state index is 0.115. The Hall–Kier alpha value is -2.20. The van der Waals surface area contributed by atoms with Crippen molar-refractivity contribution >= 4 is 0 Å². The van der Waals surface area contributed by atoms with Crippen LogP contribution in [0, 0.1) is 0 Å². The van der Waals surface area contributed by atoms with Crippen LogP contribution in [0.15, 0.2) is 24.3 Å². The quantitative estimate of drug-likeness (QED) is 0.925. The van der Waals surface area contributed by atoms with E-state index in [4.69, 9.17) is 9.47 Å². The second-order valence-electron chi connectivity index (χ2n) is 6.29. The van der Waals surface area contributed by atoms with Gasteiger partial charge in [-0.3, -0.25) is 4.90 Å². The first-order chi connectivity index (χ1) is 11.2. The number of likely N-dealkylation sites (N-methyl/N-ethyl adjacent to an activating group) is 1. The van der Waals surface area contributed by atoms with Gasteiger partial charge in [0.15, 0.2) is 11.5 Å². The third-order valence-electron chi connectivity index (χ3n) is 5.21. The lowest BCUT2D eigenvalue weighted by molar-refractivity contribution is 0.223. The number of ether oxygens (including phenoxy) is 2. The zero-order chi connectivity index (χ0) is 16.1. The van der Waals surface area contributed by atoms with Crippen molar-refractivity contribution in [2.75, 3.05) is 27.8 Å². The number of methoxy groups -OCH3 is 2. The second kappa shape index (κ2) is 5.17. The highest BCUT2D eigenvalue weighted by atomic mass is 16.5. The summed E-state index contributed by atoms with van der Waals surface area (Å²) in [6.07, 6.45) is 1.85. The predicted octanol–water partition coefficient (Wildman–Crippen LogP) is 3.16. The highest BCUT2D eigenvalue weighted by Gasteiger charge is 2.38. The van der Waals surface area contributed by atoms with Gasteiger partial charge in [0.25, 0.3) is 0 Å². The Morgan fingerprint density at radius 2 is 1.87 bits per heavy atom. The molecule has 1 N–H and O–H groups in total. The van der Waals surface area contributed by atoms with Crippen molar-refractivity contribution < 1.29 is 14.6 Å². The summed E-state index contributed by atoms with van der Waals surface area (Å²) in [7, 11) is 5.38. The molecule has 1 aliphatic carbocycles. The van der Waals surface area contributed by atoms with Gasteiger partial charge in [-0.1, -0.05) is 24.3 Å². The Bertz CT molecular complexity index is 785. The first kappa shape index (κ1) is 14.4. The first-order valence-corrected chi connectivity index (χ1v) is 7.95. The molecule has 2 aromatic carbocycles. The normalized spacial score (nSPS) is 19.0. The van der Waals surface area contributed by atoms with E-state index in [0.29, 0.717) is 17.5 Å². The van der Waals surface area contributed by atoms with Crippen LogP contribution in [-0.4, -0.2) is 37.8 Å². The minimum atomic E-state index is 0.115. The van der Waals surface area contributed by atoms with Gasteiger partial charge in [0, 0.05) is 23.7 Å². The van der Waals surface area contributed by atoms with Crippen LogP contribution in [0.3, 0.4) is 0 Å². The van der Waals surface area contributed by atoms with Crippen LogP contribution in [-0.2, 0) is 12.8 Å². The molecule has 0 radical (unpaired) electrons. The molecule has 0 saturated heterocycles. The van der Waals surface area contributed by atoms with E-state index >= 15 is 0 Å². The number of aromatic hydroxyl groups is 1.